The van der Waals surface area contributed by atoms with Gasteiger partial charge in [0.05, 0.1) is 12.6 Å². The standard InChI is InChI=1S/C18H19FN6/c19-13-1-4-15-16(10-20-17(15)9-13)12-5-7-24(8-6-12)11-18-21-22-23-25(18)14-2-3-14/h1,4-5,9-10,14,20H,2-3,6-8,11H2. The van der Waals surface area contributed by atoms with Crippen molar-refractivity contribution >= 4 is 16.5 Å². The molecule has 0 amide bonds. The minimum Gasteiger partial charge on any atom is -0.360 e. The van der Waals surface area contributed by atoms with E-state index in [2.05, 4.69) is 31.5 Å². The van der Waals surface area contributed by atoms with Crippen molar-refractivity contribution in [2.24, 2.45) is 0 Å². The van der Waals surface area contributed by atoms with E-state index in [0.717, 1.165) is 42.8 Å². The van der Waals surface area contributed by atoms with Crippen molar-refractivity contribution in [2.45, 2.75) is 31.8 Å². The average molecular weight is 338 g/mol. The number of nitrogens with one attached hydrogen (secondary N) is 1. The number of benzene rings is 1. The molecule has 0 saturated heterocycles. The summed E-state index contributed by atoms with van der Waals surface area (Å²) in [6.45, 7) is 2.63. The number of hydrogen-bond acceptors (Lipinski definition) is 4. The predicted molar refractivity (Wildman–Crippen MR) is 92.2 cm³/mol. The SMILES string of the molecule is Fc1ccc2c(C3=CCN(Cc4nnnn4C4CC4)CC3)c[nH]c2c1. The van der Waals surface area contributed by atoms with Gasteiger partial charge in [0.1, 0.15) is 5.82 Å². The Balaban J connectivity index is 1.33. The number of tetrazole rings is 1. The first kappa shape index (κ1) is 14.8. The second-order valence-corrected chi connectivity index (χ2v) is 6.88. The number of aromatic amines is 1. The highest BCUT2D eigenvalue weighted by Gasteiger charge is 2.28. The molecule has 1 saturated carbocycles. The molecule has 2 aromatic heterocycles. The Hall–Kier alpha value is -2.54. The van der Waals surface area contributed by atoms with E-state index in [1.807, 2.05) is 16.9 Å². The molecular weight excluding hydrogens is 319 g/mol. The third kappa shape index (κ3) is 2.74. The monoisotopic (exact) mass is 338 g/mol. The Kier molecular flexibility index (Phi) is 3.41. The number of nitrogens with zero attached hydrogens (tertiary/aromatic N) is 5. The van der Waals surface area contributed by atoms with E-state index in [0.29, 0.717) is 6.04 Å². The lowest BCUT2D eigenvalue weighted by Crippen LogP contribution is -2.29. The molecule has 1 N–H and O–H groups in total. The number of H-pyrrole nitrogens is 1. The van der Waals surface area contributed by atoms with Crippen molar-refractivity contribution in [3.8, 4) is 0 Å². The summed E-state index contributed by atoms with van der Waals surface area (Å²) < 4.78 is 15.3. The van der Waals surface area contributed by atoms with Crippen molar-refractivity contribution in [1.82, 2.24) is 30.1 Å². The highest BCUT2D eigenvalue weighted by molar-refractivity contribution is 5.92. The smallest absolute Gasteiger partial charge is 0.165 e. The summed E-state index contributed by atoms with van der Waals surface area (Å²) in [5.74, 6) is 0.750. The van der Waals surface area contributed by atoms with Crippen LogP contribution in [-0.2, 0) is 6.54 Å². The summed E-state index contributed by atoms with van der Waals surface area (Å²) in [4.78, 5) is 5.54. The highest BCUT2D eigenvalue weighted by Crippen LogP contribution is 2.35. The summed E-state index contributed by atoms with van der Waals surface area (Å²) in [5.41, 5.74) is 3.34. The van der Waals surface area contributed by atoms with Crippen LogP contribution in [0, 0.1) is 5.82 Å². The molecule has 1 fully saturated rings. The van der Waals surface area contributed by atoms with Crippen LogP contribution in [0.1, 0.15) is 36.7 Å². The van der Waals surface area contributed by atoms with Gasteiger partial charge >= 0.3 is 0 Å². The van der Waals surface area contributed by atoms with Gasteiger partial charge in [-0.2, -0.15) is 0 Å². The van der Waals surface area contributed by atoms with Crippen molar-refractivity contribution in [2.75, 3.05) is 13.1 Å². The van der Waals surface area contributed by atoms with Crippen LogP contribution < -0.4 is 0 Å². The van der Waals surface area contributed by atoms with Gasteiger partial charge in [0.15, 0.2) is 5.82 Å². The maximum Gasteiger partial charge on any atom is 0.165 e. The van der Waals surface area contributed by atoms with Crippen molar-refractivity contribution < 1.29 is 4.39 Å². The van der Waals surface area contributed by atoms with Crippen LogP contribution in [0.3, 0.4) is 0 Å². The molecule has 128 valence electrons. The second-order valence-electron chi connectivity index (χ2n) is 6.88. The Morgan fingerprint density at radius 1 is 1.28 bits per heavy atom. The maximum absolute atomic E-state index is 13.4. The Morgan fingerprint density at radius 2 is 2.20 bits per heavy atom. The van der Waals surface area contributed by atoms with Crippen LogP contribution >= 0.6 is 0 Å². The molecule has 3 heterocycles. The van der Waals surface area contributed by atoms with Gasteiger partial charge in [-0.1, -0.05) is 6.08 Å². The van der Waals surface area contributed by atoms with E-state index in [-0.39, 0.29) is 5.82 Å². The van der Waals surface area contributed by atoms with Gasteiger partial charge in [-0.25, -0.2) is 9.07 Å². The van der Waals surface area contributed by atoms with E-state index >= 15 is 0 Å². The van der Waals surface area contributed by atoms with Crippen molar-refractivity contribution in [3.05, 3.63) is 47.7 Å². The quantitative estimate of drug-likeness (QED) is 0.794. The fourth-order valence-corrected chi connectivity index (χ4v) is 3.58. The first-order chi connectivity index (χ1) is 12.3. The molecule has 0 radical (unpaired) electrons. The number of hydrogen-bond donors (Lipinski definition) is 1. The van der Waals surface area contributed by atoms with Crippen LogP contribution in [0.4, 0.5) is 4.39 Å². The summed E-state index contributed by atoms with van der Waals surface area (Å²) in [5, 5.41) is 13.2. The molecule has 3 aromatic rings. The van der Waals surface area contributed by atoms with E-state index in [9.17, 15) is 4.39 Å². The molecule has 5 rings (SSSR count). The molecule has 0 unspecified atom stereocenters. The van der Waals surface area contributed by atoms with Gasteiger partial charge in [-0.15, -0.1) is 5.10 Å². The molecule has 0 atom stereocenters. The fraction of sp³-hybridized carbons (Fsp3) is 0.389. The van der Waals surface area contributed by atoms with Gasteiger partial charge < -0.3 is 4.98 Å². The topological polar surface area (TPSA) is 62.6 Å². The number of aromatic nitrogens is 5. The largest absolute Gasteiger partial charge is 0.360 e. The lowest BCUT2D eigenvalue weighted by atomic mass is 9.99. The number of rotatable bonds is 4. The van der Waals surface area contributed by atoms with Crippen molar-refractivity contribution in [3.63, 3.8) is 0 Å². The number of fused-ring (bicyclic) bond motifs is 1. The first-order valence-electron chi connectivity index (χ1n) is 8.73. The van der Waals surface area contributed by atoms with Crippen LogP contribution in [0.25, 0.3) is 16.5 Å². The summed E-state index contributed by atoms with van der Waals surface area (Å²) in [7, 11) is 0. The minimum absolute atomic E-state index is 0.210. The molecule has 25 heavy (non-hydrogen) atoms. The number of halogens is 1. The Morgan fingerprint density at radius 3 is 3.00 bits per heavy atom. The lowest BCUT2D eigenvalue weighted by molar-refractivity contribution is 0.279. The zero-order valence-corrected chi connectivity index (χ0v) is 13.8. The van der Waals surface area contributed by atoms with Crippen LogP contribution in [0.5, 0.6) is 0 Å². The van der Waals surface area contributed by atoms with Crippen molar-refractivity contribution in [1.29, 1.82) is 0 Å². The fourth-order valence-electron chi connectivity index (χ4n) is 3.58. The summed E-state index contributed by atoms with van der Waals surface area (Å²) >= 11 is 0. The lowest BCUT2D eigenvalue weighted by Gasteiger charge is -2.25. The Bertz CT molecular complexity index is 952. The molecule has 0 bridgehead atoms. The van der Waals surface area contributed by atoms with Gasteiger partial charge in [-0.05, 0) is 53.5 Å². The van der Waals surface area contributed by atoms with Gasteiger partial charge in [0, 0.05) is 35.8 Å². The van der Waals surface area contributed by atoms with E-state index in [1.54, 1.807) is 6.07 Å². The zero-order chi connectivity index (χ0) is 16.8. The second kappa shape index (κ2) is 5.77. The zero-order valence-electron chi connectivity index (χ0n) is 13.8. The van der Waals surface area contributed by atoms with Crippen LogP contribution in [-0.4, -0.2) is 43.2 Å². The first-order valence-corrected chi connectivity index (χ1v) is 8.73. The maximum atomic E-state index is 13.4. The average Bonchev–Trinajstić information content (AvgIpc) is 3.22. The van der Waals surface area contributed by atoms with Gasteiger partial charge in [0.25, 0.3) is 0 Å². The molecule has 7 heteroatoms. The normalized spacial score (nSPS) is 18.7. The third-order valence-electron chi connectivity index (χ3n) is 5.10. The summed E-state index contributed by atoms with van der Waals surface area (Å²) in [6, 6.07) is 5.43. The van der Waals surface area contributed by atoms with Gasteiger partial charge in [0.2, 0.25) is 0 Å². The van der Waals surface area contributed by atoms with Crippen LogP contribution in [0.2, 0.25) is 0 Å². The molecule has 0 spiro atoms. The predicted octanol–water partition coefficient (Wildman–Crippen LogP) is 2.92. The third-order valence-corrected chi connectivity index (χ3v) is 5.10. The van der Waals surface area contributed by atoms with Crippen LogP contribution in [0.15, 0.2) is 30.5 Å². The summed E-state index contributed by atoms with van der Waals surface area (Å²) in [6.07, 6.45) is 7.59. The molecular formula is C18H19FN6. The molecule has 2 aliphatic rings. The molecule has 1 aliphatic carbocycles. The molecule has 1 aliphatic heterocycles. The molecule has 6 nitrogen and oxygen atoms in total. The van der Waals surface area contributed by atoms with E-state index in [1.165, 1.54) is 30.0 Å². The minimum atomic E-state index is -0.210. The van der Waals surface area contributed by atoms with E-state index < -0.39 is 0 Å². The van der Waals surface area contributed by atoms with E-state index in [4.69, 9.17) is 0 Å². The highest BCUT2D eigenvalue weighted by atomic mass is 19.1. The molecule has 1 aromatic carbocycles. The van der Waals surface area contributed by atoms with Gasteiger partial charge in [-0.3, -0.25) is 4.90 Å². The Labute approximate surface area is 144 Å².